The molecule has 5 rings (SSSR count). The van der Waals surface area contributed by atoms with Crippen molar-refractivity contribution in [3.8, 4) is 0 Å². The van der Waals surface area contributed by atoms with Gasteiger partial charge < -0.3 is 23.6 Å². The van der Waals surface area contributed by atoms with Gasteiger partial charge in [-0.25, -0.2) is 4.79 Å². The highest BCUT2D eigenvalue weighted by atomic mass is 35.5. The third-order valence-electron chi connectivity index (χ3n) is 7.66. The first kappa shape index (κ1) is 25.2. The summed E-state index contributed by atoms with van der Waals surface area (Å²) in [7, 11) is -3.26. The Morgan fingerprint density at radius 2 is 2.00 bits per heavy atom. The molecule has 3 aliphatic heterocycles. The second-order valence-electron chi connectivity index (χ2n) is 10.3. The fraction of sp³-hybridized carbons (Fsp3) is 0.462. The first-order valence-electron chi connectivity index (χ1n) is 12.2. The molecule has 2 fully saturated rings. The van der Waals surface area contributed by atoms with Gasteiger partial charge in [0.2, 0.25) is 8.41 Å². The van der Waals surface area contributed by atoms with Gasteiger partial charge in [-0.2, -0.15) is 0 Å². The number of carbonyl (C=O) groups excluding carboxylic acids is 2. The monoisotopic (exact) mass is 532 g/mol. The fourth-order valence-corrected chi connectivity index (χ4v) is 8.92. The predicted octanol–water partition coefficient (Wildman–Crippen LogP) is 5.00. The van der Waals surface area contributed by atoms with E-state index in [-0.39, 0.29) is 25.5 Å². The van der Waals surface area contributed by atoms with E-state index in [0.717, 1.165) is 5.56 Å². The van der Waals surface area contributed by atoms with Crippen LogP contribution in [0.25, 0.3) is 0 Å². The molecule has 2 aromatic rings. The molecule has 1 spiro atoms. The van der Waals surface area contributed by atoms with E-state index in [0.29, 0.717) is 35.1 Å². The van der Waals surface area contributed by atoms with Crippen LogP contribution in [0.1, 0.15) is 24.5 Å². The number of amides is 2. The summed E-state index contributed by atoms with van der Waals surface area (Å²) in [5.41, 5.74) is 0.987. The molecule has 0 bridgehead atoms. The van der Waals surface area contributed by atoms with Gasteiger partial charge in [0.15, 0.2) is 5.60 Å². The van der Waals surface area contributed by atoms with Crippen LogP contribution in [0.3, 0.4) is 0 Å². The highest BCUT2D eigenvalue weighted by molar-refractivity contribution is 6.72. The maximum atomic E-state index is 15.6. The third-order valence-corrected chi connectivity index (χ3v) is 10.4. The van der Waals surface area contributed by atoms with Gasteiger partial charge in [0, 0.05) is 34.3 Å². The van der Waals surface area contributed by atoms with Gasteiger partial charge in [-0.05, 0) is 55.4 Å². The van der Waals surface area contributed by atoms with Crippen LogP contribution in [0.4, 0.5) is 20.3 Å². The topological polar surface area (TPSA) is 79.3 Å². The van der Waals surface area contributed by atoms with Crippen molar-refractivity contribution in [3.63, 3.8) is 0 Å². The Balaban J connectivity index is 1.55. The van der Waals surface area contributed by atoms with Crippen molar-refractivity contribution in [2.45, 2.75) is 50.2 Å². The second kappa shape index (κ2) is 9.13. The van der Waals surface area contributed by atoms with Gasteiger partial charge in [-0.3, -0.25) is 9.69 Å². The first-order chi connectivity index (χ1) is 17.1. The number of halogens is 2. The summed E-state index contributed by atoms with van der Waals surface area (Å²) in [4.78, 5) is 29.5. The molecule has 1 N–H and O–H groups in total. The zero-order chi connectivity index (χ0) is 25.8. The fourth-order valence-electron chi connectivity index (χ4n) is 6.21. The van der Waals surface area contributed by atoms with Crippen molar-refractivity contribution < 1.29 is 28.3 Å². The van der Waals surface area contributed by atoms with Crippen molar-refractivity contribution in [1.82, 2.24) is 0 Å². The number of aliphatic hydroxyl groups excluding tert-OH is 1. The Hall–Kier alpha value is -2.46. The number of benzene rings is 2. The number of ether oxygens (including phenoxy) is 2. The van der Waals surface area contributed by atoms with Crippen LogP contribution in [0.5, 0.6) is 0 Å². The van der Waals surface area contributed by atoms with Crippen molar-refractivity contribution in [2.75, 3.05) is 29.6 Å². The molecule has 0 aromatic heterocycles. The highest BCUT2D eigenvalue weighted by Crippen LogP contribution is 2.60. The average Bonchev–Trinajstić information content (AvgIpc) is 3.44. The van der Waals surface area contributed by atoms with E-state index in [1.807, 2.05) is 31.2 Å². The van der Waals surface area contributed by atoms with Crippen molar-refractivity contribution in [1.29, 1.82) is 0 Å². The highest BCUT2D eigenvalue weighted by Gasteiger charge is 2.66. The number of fused-ring (bicyclic) bond motifs is 2. The SMILES string of the molecule is C[C@H]1[C@H]([Si](C)(C)F)[C@@H](CCO)O[C@]12C(=O)N(Cc1cccc(N3CCOC3=O)c1)c1ccc(Cl)cc12. The van der Waals surface area contributed by atoms with Crippen LogP contribution in [0, 0.1) is 5.92 Å². The maximum absolute atomic E-state index is 15.6. The molecule has 7 nitrogen and oxygen atoms in total. The number of nitrogens with zero attached hydrogens (tertiary/aromatic N) is 2. The standard InChI is InChI=1S/C26H30ClFN2O5Si/c1-16-23(36(2,3)28)22(9-11-31)35-26(16)20-14-18(27)7-8-21(20)30(24(26)32)15-17-5-4-6-19(13-17)29-10-12-34-25(29)33/h4-8,13-14,16,22-23,31H,9-12,15H2,1-3H3/t16-,22+,23-,26+/m0/s1. The maximum Gasteiger partial charge on any atom is 0.414 e. The van der Waals surface area contributed by atoms with E-state index >= 15 is 4.11 Å². The Bertz CT molecular complexity index is 1210. The molecule has 4 atom stereocenters. The molecular formula is C26H30ClFN2O5Si. The van der Waals surface area contributed by atoms with E-state index in [1.54, 1.807) is 41.1 Å². The quantitative estimate of drug-likeness (QED) is 0.418. The lowest BCUT2D eigenvalue weighted by molar-refractivity contribution is -0.146. The molecular weight excluding hydrogens is 503 g/mol. The molecule has 3 aliphatic rings. The minimum atomic E-state index is -3.26. The lowest BCUT2D eigenvalue weighted by Gasteiger charge is -2.31. The summed E-state index contributed by atoms with van der Waals surface area (Å²) in [6, 6.07) is 12.7. The molecule has 3 heterocycles. The normalized spacial score (nSPS) is 27.8. The Morgan fingerprint density at radius 1 is 1.22 bits per heavy atom. The molecule has 2 aromatic carbocycles. The smallest absolute Gasteiger partial charge is 0.414 e. The number of rotatable bonds is 6. The van der Waals surface area contributed by atoms with E-state index in [2.05, 4.69) is 0 Å². The zero-order valence-corrected chi connectivity index (χ0v) is 22.3. The van der Waals surface area contributed by atoms with Crippen molar-refractivity contribution in [2.24, 2.45) is 5.92 Å². The summed E-state index contributed by atoms with van der Waals surface area (Å²) in [5, 5.41) is 10.1. The first-order valence-corrected chi connectivity index (χ1v) is 15.5. The van der Waals surface area contributed by atoms with Gasteiger partial charge in [0.1, 0.15) is 6.61 Å². The summed E-state index contributed by atoms with van der Waals surface area (Å²) in [5.74, 6) is -0.705. The molecule has 0 saturated carbocycles. The van der Waals surface area contributed by atoms with Crippen molar-refractivity contribution in [3.05, 3.63) is 58.6 Å². The third kappa shape index (κ3) is 3.93. The number of anilines is 2. The van der Waals surface area contributed by atoms with E-state index in [9.17, 15) is 14.7 Å². The largest absolute Gasteiger partial charge is 0.447 e. The number of hydrogen-bond donors (Lipinski definition) is 1. The number of cyclic esters (lactones) is 1. The van der Waals surface area contributed by atoms with Gasteiger partial charge in [0.05, 0.1) is 24.9 Å². The van der Waals surface area contributed by atoms with Gasteiger partial charge in [-0.15, -0.1) is 0 Å². The minimum Gasteiger partial charge on any atom is -0.447 e. The molecule has 0 radical (unpaired) electrons. The molecule has 36 heavy (non-hydrogen) atoms. The van der Waals surface area contributed by atoms with E-state index in [1.165, 1.54) is 0 Å². The Labute approximate surface area is 215 Å². The van der Waals surface area contributed by atoms with Crippen LogP contribution < -0.4 is 9.80 Å². The molecule has 2 saturated heterocycles. The summed E-state index contributed by atoms with van der Waals surface area (Å²) >= 11 is 6.38. The molecule has 192 valence electrons. The van der Waals surface area contributed by atoms with Crippen molar-refractivity contribution >= 4 is 43.4 Å². The number of hydrogen-bond acceptors (Lipinski definition) is 5. The predicted molar refractivity (Wildman–Crippen MR) is 138 cm³/mol. The Morgan fingerprint density at radius 3 is 2.67 bits per heavy atom. The zero-order valence-electron chi connectivity index (χ0n) is 20.5. The Kier molecular flexibility index (Phi) is 6.39. The lowest BCUT2D eigenvalue weighted by atomic mass is 9.82. The van der Waals surface area contributed by atoms with Crippen LogP contribution in [0.2, 0.25) is 23.7 Å². The molecule has 2 amide bonds. The molecule has 10 heteroatoms. The number of carbonyl (C=O) groups is 2. The summed E-state index contributed by atoms with van der Waals surface area (Å²) in [6.07, 6.45) is -0.707. The lowest BCUT2D eigenvalue weighted by Crippen LogP contribution is -2.45. The van der Waals surface area contributed by atoms with Crippen LogP contribution in [0.15, 0.2) is 42.5 Å². The second-order valence-corrected chi connectivity index (χ2v) is 14.5. The number of aliphatic hydroxyl groups is 1. The molecule has 0 aliphatic carbocycles. The average molecular weight is 533 g/mol. The summed E-state index contributed by atoms with van der Waals surface area (Å²) < 4.78 is 27.1. The van der Waals surface area contributed by atoms with Gasteiger partial charge in [-0.1, -0.05) is 30.7 Å². The summed E-state index contributed by atoms with van der Waals surface area (Å²) in [6.45, 7) is 6.04. The van der Waals surface area contributed by atoms with Crippen LogP contribution in [-0.4, -0.2) is 51.4 Å². The van der Waals surface area contributed by atoms with E-state index in [4.69, 9.17) is 21.1 Å². The van der Waals surface area contributed by atoms with Crippen LogP contribution in [-0.2, 0) is 26.4 Å². The molecule has 0 unspecified atom stereocenters. The van der Waals surface area contributed by atoms with E-state index < -0.39 is 37.7 Å². The van der Waals surface area contributed by atoms with Crippen LogP contribution >= 0.6 is 11.6 Å². The minimum absolute atomic E-state index is 0.152. The van der Waals surface area contributed by atoms with Gasteiger partial charge in [0.25, 0.3) is 5.91 Å². The van der Waals surface area contributed by atoms with Gasteiger partial charge >= 0.3 is 6.09 Å².